The summed E-state index contributed by atoms with van der Waals surface area (Å²) in [5, 5.41) is 11.7. The molecule has 0 bridgehead atoms. The number of rotatable bonds is 6. The lowest BCUT2D eigenvalue weighted by Crippen LogP contribution is -2.44. The van der Waals surface area contributed by atoms with Crippen LogP contribution in [0.3, 0.4) is 0 Å². The lowest BCUT2D eigenvalue weighted by atomic mass is 9.86. The number of fused-ring (bicyclic) bond motifs is 1. The van der Waals surface area contributed by atoms with Gasteiger partial charge in [0.2, 0.25) is 0 Å². The molecule has 2 aliphatic heterocycles. The molecule has 0 aromatic carbocycles. The zero-order valence-electron chi connectivity index (χ0n) is 17.0. The molecule has 162 valence electrons. The Morgan fingerprint density at radius 2 is 2.03 bits per heavy atom. The number of hydrogen-bond donors (Lipinski definition) is 2. The van der Waals surface area contributed by atoms with Gasteiger partial charge in [-0.3, -0.25) is 4.79 Å². The third-order valence-electron chi connectivity index (χ3n) is 6.64. The Hall–Kier alpha value is -2.23. The highest BCUT2D eigenvalue weighted by Crippen LogP contribution is 2.34. The first-order valence-electron chi connectivity index (χ1n) is 10.9. The van der Waals surface area contributed by atoms with Gasteiger partial charge in [0.25, 0.3) is 5.91 Å². The number of carbonyl (C=O) groups is 1. The largest absolute Gasteiger partial charge is 0.459 e. The van der Waals surface area contributed by atoms with Crippen molar-refractivity contribution in [1.82, 2.24) is 20.3 Å². The van der Waals surface area contributed by atoms with E-state index in [4.69, 9.17) is 19.6 Å². The molecule has 1 aliphatic carbocycles. The van der Waals surface area contributed by atoms with Crippen LogP contribution in [0.1, 0.15) is 60.0 Å². The number of furan rings is 1. The molecule has 2 aromatic heterocycles. The van der Waals surface area contributed by atoms with E-state index in [9.17, 15) is 4.79 Å². The zero-order valence-corrected chi connectivity index (χ0v) is 17.0. The Bertz CT molecular complexity index is 874. The summed E-state index contributed by atoms with van der Waals surface area (Å²) in [6.45, 7) is 1.13. The smallest absolute Gasteiger partial charge is 0.287 e. The lowest BCUT2D eigenvalue weighted by molar-refractivity contribution is 0.0612. The van der Waals surface area contributed by atoms with Crippen molar-refractivity contribution in [2.45, 2.75) is 69.4 Å². The summed E-state index contributed by atoms with van der Waals surface area (Å²) in [4.78, 5) is 12.6. The van der Waals surface area contributed by atoms with E-state index in [2.05, 4.69) is 15.6 Å². The molecule has 30 heavy (non-hydrogen) atoms. The van der Waals surface area contributed by atoms with Gasteiger partial charge in [-0.2, -0.15) is 0 Å². The normalized spacial score (nSPS) is 29.2. The van der Waals surface area contributed by atoms with E-state index in [0.29, 0.717) is 18.8 Å². The number of hydrogen-bond acceptors (Lipinski definition) is 7. The molecule has 4 atom stereocenters. The van der Waals surface area contributed by atoms with E-state index >= 15 is 0 Å². The fourth-order valence-corrected chi connectivity index (χ4v) is 5.02. The zero-order chi connectivity index (χ0) is 20.5. The summed E-state index contributed by atoms with van der Waals surface area (Å²) in [6.07, 6.45) is 10.7. The monoisotopic (exact) mass is 415 g/mol. The second-order valence-electron chi connectivity index (χ2n) is 8.62. The van der Waals surface area contributed by atoms with Gasteiger partial charge >= 0.3 is 0 Å². The number of aromatic nitrogens is 3. The molecule has 5 rings (SSSR count). The van der Waals surface area contributed by atoms with Crippen molar-refractivity contribution >= 4 is 5.91 Å². The molecule has 9 nitrogen and oxygen atoms in total. The van der Waals surface area contributed by atoms with Gasteiger partial charge in [0, 0.05) is 18.3 Å². The highest BCUT2D eigenvalue weighted by atomic mass is 16.6. The minimum atomic E-state index is -0.294. The van der Waals surface area contributed by atoms with Gasteiger partial charge in [-0.25, -0.2) is 4.68 Å². The second kappa shape index (κ2) is 8.49. The van der Waals surface area contributed by atoms with Gasteiger partial charge in [0.15, 0.2) is 5.76 Å². The Morgan fingerprint density at radius 3 is 2.87 bits per heavy atom. The minimum Gasteiger partial charge on any atom is -0.459 e. The van der Waals surface area contributed by atoms with Crippen LogP contribution < -0.4 is 11.1 Å². The fraction of sp³-hybridized carbons (Fsp3) is 0.667. The molecule has 3 fully saturated rings. The van der Waals surface area contributed by atoms with Crippen molar-refractivity contribution in [3.05, 3.63) is 35.5 Å². The highest BCUT2D eigenvalue weighted by Gasteiger charge is 2.49. The molecule has 9 heteroatoms. The first-order valence-corrected chi connectivity index (χ1v) is 10.9. The van der Waals surface area contributed by atoms with Crippen LogP contribution in [0.15, 0.2) is 22.9 Å². The van der Waals surface area contributed by atoms with E-state index in [0.717, 1.165) is 18.0 Å². The fourth-order valence-electron chi connectivity index (χ4n) is 5.02. The van der Waals surface area contributed by atoms with Crippen LogP contribution in [0.25, 0.3) is 0 Å². The van der Waals surface area contributed by atoms with Gasteiger partial charge in [-0.15, -0.1) is 5.10 Å². The van der Waals surface area contributed by atoms with Crippen molar-refractivity contribution in [3.63, 3.8) is 0 Å². The Morgan fingerprint density at radius 1 is 1.20 bits per heavy atom. The van der Waals surface area contributed by atoms with Crippen LogP contribution in [-0.4, -0.2) is 52.4 Å². The maximum atomic E-state index is 12.6. The Kier molecular flexibility index (Phi) is 5.58. The molecule has 0 radical (unpaired) electrons. The third-order valence-corrected chi connectivity index (χ3v) is 6.64. The molecule has 3 N–H and O–H groups in total. The van der Waals surface area contributed by atoms with Gasteiger partial charge in [-0.05, 0) is 18.4 Å². The predicted molar refractivity (Wildman–Crippen MR) is 107 cm³/mol. The van der Waals surface area contributed by atoms with Crippen LogP contribution >= 0.6 is 0 Å². The van der Waals surface area contributed by atoms with E-state index < -0.39 is 0 Å². The molecule has 1 saturated carbocycles. The van der Waals surface area contributed by atoms with E-state index in [1.165, 1.54) is 38.4 Å². The minimum absolute atomic E-state index is 0.0345. The molecule has 0 unspecified atom stereocenters. The molecular formula is C21H29N5O4. The van der Waals surface area contributed by atoms with Gasteiger partial charge < -0.3 is 24.9 Å². The summed E-state index contributed by atoms with van der Waals surface area (Å²) < 4.78 is 19.2. The summed E-state index contributed by atoms with van der Waals surface area (Å²) in [5.74, 6) is 0.676. The molecule has 3 aliphatic rings. The standard InChI is InChI=1S/C21H29N5O4/c22-9-14-6-7-28-18(14)21(27)23-16-11-29-20-17(12-30-19(16)20)26-10-15(24-25-26)8-13-4-2-1-3-5-13/h6-7,10,13,16-17,19-20H,1-5,8-9,11-12,22H2,(H,23,27)/t16-,17-,19+,20+/m0/s1. The molecule has 1 amide bonds. The topological polar surface area (TPSA) is 117 Å². The van der Waals surface area contributed by atoms with E-state index in [1.807, 2.05) is 10.9 Å². The number of nitrogens with two attached hydrogens (primary N) is 1. The van der Waals surface area contributed by atoms with Crippen molar-refractivity contribution in [2.24, 2.45) is 11.7 Å². The maximum Gasteiger partial charge on any atom is 0.287 e. The highest BCUT2D eigenvalue weighted by molar-refractivity contribution is 5.93. The van der Waals surface area contributed by atoms with Crippen LogP contribution in [0.2, 0.25) is 0 Å². The average molecular weight is 415 g/mol. The number of nitrogens with zero attached hydrogens (tertiary/aromatic N) is 3. The summed E-state index contributed by atoms with van der Waals surface area (Å²) in [5.41, 5.74) is 7.39. The number of carbonyl (C=O) groups excluding carboxylic acids is 1. The van der Waals surface area contributed by atoms with Crippen molar-refractivity contribution in [2.75, 3.05) is 13.2 Å². The molecule has 2 aromatic rings. The van der Waals surface area contributed by atoms with Gasteiger partial charge in [0.1, 0.15) is 18.2 Å². The molecular weight excluding hydrogens is 386 g/mol. The Balaban J connectivity index is 1.21. The summed E-state index contributed by atoms with van der Waals surface area (Å²) >= 11 is 0. The third kappa shape index (κ3) is 3.77. The van der Waals surface area contributed by atoms with Crippen molar-refractivity contribution in [1.29, 1.82) is 0 Å². The first kappa shape index (κ1) is 19.7. The maximum absolute atomic E-state index is 12.6. The van der Waals surface area contributed by atoms with Crippen LogP contribution in [0.4, 0.5) is 0 Å². The number of ether oxygens (including phenoxy) is 2. The van der Waals surface area contributed by atoms with Crippen LogP contribution in [-0.2, 0) is 22.4 Å². The van der Waals surface area contributed by atoms with Crippen molar-refractivity contribution in [3.8, 4) is 0 Å². The molecule has 0 spiro atoms. The lowest BCUT2D eigenvalue weighted by Gasteiger charge is -2.20. The number of amides is 1. The Labute approximate surface area is 175 Å². The van der Waals surface area contributed by atoms with Crippen molar-refractivity contribution < 1.29 is 18.7 Å². The van der Waals surface area contributed by atoms with Gasteiger partial charge in [0.05, 0.1) is 31.2 Å². The average Bonchev–Trinajstić information content (AvgIpc) is 3.54. The van der Waals surface area contributed by atoms with E-state index in [1.54, 1.807) is 6.07 Å². The van der Waals surface area contributed by atoms with Gasteiger partial charge in [-0.1, -0.05) is 37.3 Å². The molecule has 4 heterocycles. The molecule has 2 saturated heterocycles. The first-order chi connectivity index (χ1) is 14.7. The number of nitrogens with one attached hydrogen (secondary N) is 1. The van der Waals surface area contributed by atoms with Crippen LogP contribution in [0.5, 0.6) is 0 Å². The van der Waals surface area contributed by atoms with Crippen LogP contribution in [0, 0.1) is 5.92 Å². The quantitative estimate of drug-likeness (QED) is 0.736. The predicted octanol–water partition coefficient (Wildman–Crippen LogP) is 1.59. The van der Waals surface area contributed by atoms with E-state index in [-0.39, 0.29) is 42.5 Å². The SMILES string of the molecule is NCc1ccoc1C(=O)N[C@H]1CO[C@H]2[C@@H]1OC[C@@H]2n1cc(CC2CCCCC2)nn1. The second-order valence-corrected chi connectivity index (χ2v) is 8.62. The summed E-state index contributed by atoms with van der Waals surface area (Å²) in [7, 11) is 0. The summed E-state index contributed by atoms with van der Waals surface area (Å²) in [6, 6.07) is 1.43.